The van der Waals surface area contributed by atoms with Gasteiger partial charge in [0.15, 0.2) is 0 Å². The molecule has 1 amide bonds. The summed E-state index contributed by atoms with van der Waals surface area (Å²) in [5, 5.41) is 5.95. The van der Waals surface area contributed by atoms with Crippen molar-refractivity contribution in [2.24, 2.45) is 5.92 Å². The SMILES string of the molecule is CC1CCN(S(=O)(=O)c2ccc(NC(=O)Cc3coc4ccc5ccccc5c34)cc2)CC1. The Hall–Kier alpha value is -3.16. The zero-order valence-corrected chi connectivity index (χ0v) is 19.3. The van der Waals surface area contributed by atoms with Crippen molar-refractivity contribution in [3.05, 3.63) is 72.5 Å². The fourth-order valence-corrected chi connectivity index (χ4v) is 5.94. The van der Waals surface area contributed by atoms with Crippen LogP contribution in [0.25, 0.3) is 21.7 Å². The van der Waals surface area contributed by atoms with Gasteiger partial charge in [0.05, 0.1) is 17.6 Å². The van der Waals surface area contributed by atoms with Crippen LogP contribution in [0.15, 0.2) is 76.2 Å². The first kappa shape index (κ1) is 21.7. The molecule has 7 heteroatoms. The Balaban J connectivity index is 1.30. The maximum atomic E-state index is 12.9. The van der Waals surface area contributed by atoms with Gasteiger partial charge in [-0.25, -0.2) is 8.42 Å². The van der Waals surface area contributed by atoms with Crippen LogP contribution in [-0.4, -0.2) is 31.7 Å². The van der Waals surface area contributed by atoms with Crippen molar-refractivity contribution in [2.75, 3.05) is 18.4 Å². The van der Waals surface area contributed by atoms with Crippen LogP contribution in [0.3, 0.4) is 0 Å². The molecule has 5 rings (SSSR count). The predicted molar refractivity (Wildman–Crippen MR) is 130 cm³/mol. The molecule has 1 aromatic heterocycles. The molecule has 0 bridgehead atoms. The topological polar surface area (TPSA) is 79.6 Å². The number of carbonyl (C=O) groups excluding carboxylic acids is 1. The molecule has 33 heavy (non-hydrogen) atoms. The number of piperidine rings is 1. The molecule has 4 aromatic rings. The molecule has 6 nitrogen and oxygen atoms in total. The molecule has 170 valence electrons. The number of rotatable bonds is 5. The summed E-state index contributed by atoms with van der Waals surface area (Å²) in [7, 11) is -3.51. The molecule has 1 aliphatic heterocycles. The second kappa shape index (κ2) is 8.65. The van der Waals surface area contributed by atoms with Gasteiger partial charge in [-0.2, -0.15) is 4.31 Å². The predicted octanol–water partition coefficient (Wildman–Crippen LogP) is 5.19. The number of sulfonamides is 1. The van der Waals surface area contributed by atoms with Crippen molar-refractivity contribution in [1.82, 2.24) is 4.31 Å². The fraction of sp³-hybridized carbons (Fsp3) is 0.269. The maximum Gasteiger partial charge on any atom is 0.243 e. The van der Waals surface area contributed by atoms with E-state index in [9.17, 15) is 13.2 Å². The molecular formula is C26H26N2O4S. The minimum absolute atomic E-state index is 0.160. The first-order valence-electron chi connectivity index (χ1n) is 11.2. The number of benzene rings is 3. The summed E-state index contributed by atoms with van der Waals surface area (Å²) in [5.41, 5.74) is 2.12. The minimum atomic E-state index is -3.51. The smallest absolute Gasteiger partial charge is 0.243 e. The van der Waals surface area contributed by atoms with E-state index in [4.69, 9.17) is 4.42 Å². The lowest BCUT2D eigenvalue weighted by molar-refractivity contribution is -0.115. The van der Waals surface area contributed by atoms with Gasteiger partial charge in [-0.3, -0.25) is 4.79 Å². The molecule has 0 spiro atoms. The van der Waals surface area contributed by atoms with E-state index < -0.39 is 10.0 Å². The van der Waals surface area contributed by atoms with Gasteiger partial charge in [0.2, 0.25) is 15.9 Å². The molecule has 1 fully saturated rings. The molecule has 0 aliphatic carbocycles. The molecule has 3 aromatic carbocycles. The van der Waals surface area contributed by atoms with E-state index in [0.717, 1.165) is 40.1 Å². The summed E-state index contributed by atoms with van der Waals surface area (Å²) in [6.45, 7) is 3.25. The van der Waals surface area contributed by atoms with Crippen LogP contribution in [-0.2, 0) is 21.2 Å². The number of hydrogen-bond donors (Lipinski definition) is 1. The van der Waals surface area contributed by atoms with E-state index in [1.54, 1.807) is 34.8 Å². The Morgan fingerprint density at radius 1 is 1.03 bits per heavy atom. The number of anilines is 1. The van der Waals surface area contributed by atoms with E-state index in [1.807, 2.05) is 36.4 Å². The second-order valence-corrected chi connectivity index (χ2v) is 10.7. The number of furan rings is 1. The zero-order chi connectivity index (χ0) is 23.0. The fourth-order valence-electron chi connectivity index (χ4n) is 4.47. The largest absolute Gasteiger partial charge is 0.464 e. The van der Waals surface area contributed by atoms with E-state index >= 15 is 0 Å². The van der Waals surface area contributed by atoms with Crippen LogP contribution in [0.5, 0.6) is 0 Å². The van der Waals surface area contributed by atoms with Gasteiger partial charge in [-0.15, -0.1) is 0 Å². The highest BCUT2D eigenvalue weighted by molar-refractivity contribution is 7.89. The molecule has 0 saturated carbocycles. The van der Waals surface area contributed by atoms with Crippen molar-refractivity contribution in [1.29, 1.82) is 0 Å². The number of amides is 1. The molecule has 2 heterocycles. The first-order valence-corrected chi connectivity index (χ1v) is 12.6. The Morgan fingerprint density at radius 2 is 1.76 bits per heavy atom. The van der Waals surface area contributed by atoms with Crippen LogP contribution in [0.1, 0.15) is 25.3 Å². The van der Waals surface area contributed by atoms with Crippen LogP contribution < -0.4 is 5.32 Å². The number of nitrogens with zero attached hydrogens (tertiary/aromatic N) is 1. The quantitative estimate of drug-likeness (QED) is 0.443. The van der Waals surface area contributed by atoms with Gasteiger partial charge >= 0.3 is 0 Å². The Kier molecular flexibility index (Phi) is 5.68. The lowest BCUT2D eigenvalue weighted by Crippen LogP contribution is -2.37. The third-order valence-electron chi connectivity index (χ3n) is 6.41. The van der Waals surface area contributed by atoms with Crippen LogP contribution in [0.2, 0.25) is 0 Å². The molecule has 0 unspecified atom stereocenters. The second-order valence-electron chi connectivity index (χ2n) is 8.76. The normalized spacial score (nSPS) is 15.8. The third kappa shape index (κ3) is 4.26. The van der Waals surface area contributed by atoms with Gasteiger partial charge in [-0.05, 0) is 59.9 Å². The van der Waals surface area contributed by atoms with Crippen LogP contribution >= 0.6 is 0 Å². The number of carbonyl (C=O) groups is 1. The van der Waals surface area contributed by atoms with E-state index in [1.165, 1.54) is 0 Å². The Morgan fingerprint density at radius 3 is 2.52 bits per heavy atom. The summed E-state index contributed by atoms with van der Waals surface area (Å²) in [6.07, 6.45) is 3.55. The van der Waals surface area contributed by atoms with E-state index in [2.05, 4.69) is 12.2 Å². The number of hydrogen-bond acceptors (Lipinski definition) is 4. The lowest BCUT2D eigenvalue weighted by Gasteiger charge is -2.29. The lowest BCUT2D eigenvalue weighted by atomic mass is 10.0. The highest BCUT2D eigenvalue weighted by Gasteiger charge is 2.28. The van der Waals surface area contributed by atoms with Gasteiger partial charge in [0.25, 0.3) is 0 Å². The molecular weight excluding hydrogens is 436 g/mol. The molecule has 1 N–H and O–H groups in total. The average molecular weight is 463 g/mol. The molecule has 0 radical (unpaired) electrons. The summed E-state index contributed by atoms with van der Waals surface area (Å²) in [5.74, 6) is 0.366. The summed E-state index contributed by atoms with van der Waals surface area (Å²) >= 11 is 0. The van der Waals surface area contributed by atoms with Crippen LogP contribution in [0, 0.1) is 5.92 Å². The zero-order valence-electron chi connectivity index (χ0n) is 18.5. The van der Waals surface area contributed by atoms with Gasteiger partial charge in [0, 0.05) is 29.7 Å². The summed E-state index contributed by atoms with van der Waals surface area (Å²) in [4.78, 5) is 13.0. The third-order valence-corrected chi connectivity index (χ3v) is 8.32. The number of fused-ring (bicyclic) bond motifs is 3. The van der Waals surface area contributed by atoms with Crippen molar-refractivity contribution < 1.29 is 17.6 Å². The van der Waals surface area contributed by atoms with Gasteiger partial charge < -0.3 is 9.73 Å². The maximum absolute atomic E-state index is 12.9. The monoisotopic (exact) mass is 462 g/mol. The van der Waals surface area contributed by atoms with E-state index in [-0.39, 0.29) is 17.2 Å². The van der Waals surface area contributed by atoms with Crippen molar-refractivity contribution >= 4 is 43.4 Å². The molecule has 0 atom stereocenters. The van der Waals surface area contributed by atoms with Crippen molar-refractivity contribution in [2.45, 2.75) is 31.1 Å². The van der Waals surface area contributed by atoms with E-state index in [0.29, 0.717) is 24.7 Å². The average Bonchev–Trinajstić information content (AvgIpc) is 3.23. The first-order chi connectivity index (χ1) is 15.9. The summed E-state index contributed by atoms with van der Waals surface area (Å²) in [6, 6.07) is 18.3. The Bertz CT molecular complexity index is 1420. The van der Waals surface area contributed by atoms with Gasteiger partial charge in [0.1, 0.15) is 5.58 Å². The van der Waals surface area contributed by atoms with Crippen molar-refractivity contribution in [3.63, 3.8) is 0 Å². The highest BCUT2D eigenvalue weighted by atomic mass is 32.2. The molecule has 1 saturated heterocycles. The van der Waals surface area contributed by atoms with Crippen molar-refractivity contribution in [3.8, 4) is 0 Å². The highest BCUT2D eigenvalue weighted by Crippen LogP contribution is 2.30. The molecule has 1 aliphatic rings. The van der Waals surface area contributed by atoms with Crippen LogP contribution in [0.4, 0.5) is 5.69 Å². The van der Waals surface area contributed by atoms with Gasteiger partial charge in [-0.1, -0.05) is 37.3 Å². The summed E-state index contributed by atoms with van der Waals surface area (Å²) < 4.78 is 33.0. The Labute approximate surface area is 193 Å². The minimum Gasteiger partial charge on any atom is -0.464 e. The number of nitrogens with one attached hydrogen (secondary N) is 1. The standard InChI is InChI=1S/C26H26N2O4S/c1-18-12-14-28(15-13-18)33(30,31)22-9-7-21(8-10-22)27-25(29)16-20-17-32-24-11-6-19-4-2-3-5-23(19)26(20)24/h2-11,17-18H,12-16H2,1H3,(H,27,29).